The van der Waals surface area contributed by atoms with E-state index in [4.69, 9.17) is 0 Å². The summed E-state index contributed by atoms with van der Waals surface area (Å²) >= 11 is 2.03. The number of benzene rings is 1. The fourth-order valence-electron chi connectivity index (χ4n) is 1.26. The van der Waals surface area contributed by atoms with Crippen molar-refractivity contribution in [1.82, 2.24) is 4.72 Å². The first kappa shape index (κ1) is 15.0. The van der Waals surface area contributed by atoms with Crippen LogP contribution in [0.1, 0.15) is 39.3 Å². The Balaban J connectivity index is 2.84. The van der Waals surface area contributed by atoms with Crippen LogP contribution in [0, 0.1) is 5.82 Å². The quantitative estimate of drug-likeness (QED) is 0.861. The van der Waals surface area contributed by atoms with Crippen LogP contribution >= 0.6 is 15.9 Å². The van der Waals surface area contributed by atoms with Crippen molar-refractivity contribution in [1.29, 1.82) is 0 Å². The lowest BCUT2D eigenvalue weighted by Gasteiger charge is -2.27. The molecule has 96 valence electrons. The molecule has 1 aromatic carbocycles. The average molecular weight is 322 g/mol. The highest BCUT2D eigenvalue weighted by atomic mass is 79.9. The first-order valence-electron chi connectivity index (χ1n) is 5.35. The molecule has 1 N–H and O–H groups in total. The van der Waals surface area contributed by atoms with Gasteiger partial charge >= 0.3 is 0 Å². The Morgan fingerprint density at radius 1 is 1.41 bits per heavy atom. The van der Waals surface area contributed by atoms with E-state index in [1.54, 1.807) is 6.07 Å². The van der Waals surface area contributed by atoms with Crippen molar-refractivity contribution in [3.8, 4) is 0 Å². The van der Waals surface area contributed by atoms with E-state index in [0.717, 1.165) is 5.56 Å². The van der Waals surface area contributed by atoms with Crippen molar-refractivity contribution in [2.45, 2.75) is 38.5 Å². The summed E-state index contributed by atoms with van der Waals surface area (Å²) in [5.74, 6) is -0.308. The zero-order valence-corrected chi connectivity index (χ0v) is 12.8. The van der Waals surface area contributed by atoms with Gasteiger partial charge in [0.05, 0.1) is 10.5 Å². The second kappa shape index (κ2) is 5.69. The largest absolute Gasteiger partial charge is 0.598 e. The maximum atomic E-state index is 13.4. The van der Waals surface area contributed by atoms with Gasteiger partial charge in [-0.2, -0.15) is 0 Å². The third-order valence-corrected chi connectivity index (χ3v) is 4.80. The molecule has 0 spiro atoms. The summed E-state index contributed by atoms with van der Waals surface area (Å²) in [5, 5.41) is 0. The molecule has 0 aliphatic rings. The number of nitrogens with one attached hydrogen (secondary N) is 1. The number of hydrogen-bond acceptors (Lipinski definition) is 2. The van der Waals surface area contributed by atoms with E-state index < -0.39 is 11.4 Å². The van der Waals surface area contributed by atoms with Crippen LogP contribution in [0.3, 0.4) is 0 Å². The van der Waals surface area contributed by atoms with Gasteiger partial charge in [0.15, 0.2) is 0 Å². The molecule has 2 nitrogen and oxygen atoms in total. The molecule has 0 aliphatic heterocycles. The average Bonchev–Trinajstić information content (AvgIpc) is 2.20. The fraction of sp³-hybridized carbons (Fsp3) is 0.500. The number of halogens is 2. The van der Waals surface area contributed by atoms with E-state index in [1.165, 1.54) is 6.07 Å². The summed E-state index contributed by atoms with van der Waals surface area (Å²) in [6.45, 7) is 7.54. The topological polar surface area (TPSA) is 35.1 Å². The first-order valence-corrected chi connectivity index (χ1v) is 7.29. The van der Waals surface area contributed by atoms with Crippen LogP contribution in [0.15, 0.2) is 22.7 Å². The second-order valence-electron chi connectivity index (χ2n) is 4.86. The van der Waals surface area contributed by atoms with Crippen LogP contribution < -0.4 is 4.72 Å². The van der Waals surface area contributed by atoms with Gasteiger partial charge in [-0.05, 0) is 55.3 Å². The van der Waals surface area contributed by atoms with Crippen LogP contribution in [0.5, 0.6) is 0 Å². The minimum Gasteiger partial charge on any atom is -0.598 e. The molecule has 1 aromatic rings. The highest BCUT2D eigenvalue weighted by Crippen LogP contribution is 2.27. The molecule has 0 bridgehead atoms. The van der Waals surface area contributed by atoms with E-state index in [2.05, 4.69) is 20.7 Å². The summed E-state index contributed by atoms with van der Waals surface area (Å²) in [6.07, 6.45) is 0. The van der Waals surface area contributed by atoms with Gasteiger partial charge in [0.1, 0.15) is 10.6 Å². The summed E-state index contributed by atoms with van der Waals surface area (Å²) in [7, 11) is 0. The lowest BCUT2D eigenvalue weighted by atomic mass is 10.1. The predicted molar refractivity (Wildman–Crippen MR) is 73.5 cm³/mol. The van der Waals surface area contributed by atoms with E-state index in [1.807, 2.05) is 33.8 Å². The van der Waals surface area contributed by atoms with Gasteiger partial charge in [-0.25, -0.2) is 4.39 Å². The van der Waals surface area contributed by atoms with Crippen LogP contribution in [-0.4, -0.2) is 9.30 Å². The molecule has 0 heterocycles. The molecule has 0 amide bonds. The smallest absolute Gasteiger partial charge is 0.137 e. The van der Waals surface area contributed by atoms with Crippen LogP contribution in [-0.2, 0) is 11.4 Å². The zero-order valence-electron chi connectivity index (χ0n) is 10.4. The molecular formula is C12H17BrFNOS. The summed E-state index contributed by atoms with van der Waals surface area (Å²) in [5.41, 5.74) is 0.766. The molecule has 0 aromatic heterocycles. The van der Waals surface area contributed by atoms with E-state index in [0.29, 0.717) is 4.47 Å². The number of hydrogen-bond donors (Lipinski definition) is 1. The molecule has 0 saturated carbocycles. The normalized spacial score (nSPS) is 15.7. The van der Waals surface area contributed by atoms with Crippen LogP contribution in [0.2, 0.25) is 0 Å². The van der Waals surface area contributed by atoms with Crippen molar-refractivity contribution in [3.05, 3.63) is 34.1 Å². The van der Waals surface area contributed by atoms with E-state index >= 15 is 0 Å². The van der Waals surface area contributed by atoms with E-state index in [9.17, 15) is 8.94 Å². The lowest BCUT2D eigenvalue weighted by molar-refractivity contribution is 0.529. The first-order chi connectivity index (χ1) is 7.73. The van der Waals surface area contributed by atoms with Gasteiger partial charge in [0, 0.05) is 11.4 Å². The monoisotopic (exact) mass is 321 g/mol. The van der Waals surface area contributed by atoms with Gasteiger partial charge in [-0.1, -0.05) is 12.1 Å². The van der Waals surface area contributed by atoms with Gasteiger partial charge in [-0.15, -0.1) is 4.72 Å². The molecule has 1 rings (SSSR count). The predicted octanol–water partition coefficient (Wildman–Crippen LogP) is 3.70. The fourth-order valence-corrected chi connectivity index (χ4v) is 2.67. The molecule has 2 atom stereocenters. The van der Waals surface area contributed by atoms with Crippen molar-refractivity contribution in [2.24, 2.45) is 0 Å². The molecule has 1 unspecified atom stereocenters. The highest BCUT2D eigenvalue weighted by Gasteiger charge is 2.29. The van der Waals surface area contributed by atoms with E-state index in [-0.39, 0.29) is 16.6 Å². The molecule has 0 fully saturated rings. The number of rotatable bonds is 3. The van der Waals surface area contributed by atoms with Crippen molar-refractivity contribution in [2.75, 3.05) is 0 Å². The Morgan fingerprint density at radius 3 is 2.53 bits per heavy atom. The summed E-state index contributed by atoms with van der Waals surface area (Å²) < 4.78 is 28.4. The zero-order chi connectivity index (χ0) is 13.2. The Labute approximate surface area is 113 Å². The summed E-state index contributed by atoms with van der Waals surface area (Å²) in [6, 6.07) is 4.67. The molecule has 0 radical (unpaired) electrons. The molecule has 0 aliphatic carbocycles. The Morgan fingerprint density at radius 2 is 2.00 bits per heavy atom. The SMILES string of the molecule is C[C@@H](N[S+]([O-])C(C)(C)C)c1cccc(F)c1Br. The second-order valence-corrected chi connectivity index (χ2v) is 7.65. The van der Waals surface area contributed by atoms with Gasteiger partial charge in [0.2, 0.25) is 0 Å². The molecular weight excluding hydrogens is 305 g/mol. The van der Waals surface area contributed by atoms with Gasteiger partial charge in [0.25, 0.3) is 0 Å². The Kier molecular flexibility index (Phi) is 5.01. The van der Waals surface area contributed by atoms with Crippen molar-refractivity contribution < 1.29 is 8.94 Å². The molecule has 0 saturated heterocycles. The van der Waals surface area contributed by atoms with Crippen LogP contribution in [0.4, 0.5) is 4.39 Å². The Bertz CT molecular complexity index is 395. The van der Waals surface area contributed by atoms with Crippen LogP contribution in [0.25, 0.3) is 0 Å². The van der Waals surface area contributed by atoms with Gasteiger partial charge < -0.3 is 4.55 Å². The standard InChI is InChI=1S/C12H17BrFNOS/c1-8(15-17(16)12(2,3)4)9-6-5-7-10(14)11(9)13/h5-8,15H,1-4H3/t8-,17?/m1/s1. The maximum Gasteiger partial charge on any atom is 0.137 e. The van der Waals surface area contributed by atoms with Gasteiger partial charge in [-0.3, -0.25) is 0 Å². The molecule has 17 heavy (non-hydrogen) atoms. The third-order valence-electron chi connectivity index (χ3n) is 2.29. The molecule has 5 heteroatoms. The van der Waals surface area contributed by atoms with Crippen molar-refractivity contribution in [3.63, 3.8) is 0 Å². The highest BCUT2D eigenvalue weighted by molar-refractivity contribution is 9.10. The third kappa shape index (κ3) is 3.95. The Hall–Kier alpha value is -0.100. The summed E-state index contributed by atoms with van der Waals surface area (Å²) in [4.78, 5) is 0. The lowest BCUT2D eigenvalue weighted by Crippen LogP contribution is -2.40. The van der Waals surface area contributed by atoms with Crippen molar-refractivity contribution >= 4 is 27.3 Å². The minimum atomic E-state index is -1.18. The minimum absolute atomic E-state index is 0.180. The maximum absolute atomic E-state index is 13.4.